The molecule has 1 heterocycles. The van der Waals surface area contributed by atoms with Gasteiger partial charge in [0.15, 0.2) is 6.10 Å². The number of halogens is 1. The molecule has 0 bridgehead atoms. The van der Waals surface area contributed by atoms with Gasteiger partial charge in [-0.2, -0.15) is 0 Å². The molecule has 1 aliphatic rings. The monoisotopic (exact) mass is 320 g/mol. The zero-order valence-electron chi connectivity index (χ0n) is 13.0. The first-order valence-corrected chi connectivity index (χ1v) is 7.77. The van der Waals surface area contributed by atoms with E-state index >= 15 is 0 Å². The maximum Gasteiger partial charge on any atom is 0.225 e. The third kappa shape index (κ3) is 4.10. The van der Waals surface area contributed by atoms with Gasteiger partial charge in [0.25, 0.3) is 0 Å². The maximum absolute atomic E-state index is 12.2. The van der Waals surface area contributed by atoms with E-state index < -0.39 is 0 Å². The maximum atomic E-state index is 12.2. The standard InChI is InChI=1S/C17H21ClN2O2/c1-4-9-20(17(21)12(2)3)11-15-10-16(19-22-15)13-5-7-14(18)8-6-13/h4-8,12,15H,1,9-11H2,2-3H3. The van der Waals surface area contributed by atoms with E-state index in [1.54, 1.807) is 11.0 Å². The first-order chi connectivity index (χ1) is 10.5. The van der Waals surface area contributed by atoms with Crippen LogP contribution in [0.4, 0.5) is 0 Å². The minimum absolute atomic E-state index is 0.0435. The summed E-state index contributed by atoms with van der Waals surface area (Å²) >= 11 is 5.89. The minimum Gasteiger partial charge on any atom is -0.390 e. The van der Waals surface area contributed by atoms with Crippen molar-refractivity contribution in [1.82, 2.24) is 4.90 Å². The van der Waals surface area contributed by atoms with Crippen molar-refractivity contribution in [3.8, 4) is 0 Å². The van der Waals surface area contributed by atoms with Crippen LogP contribution in [0.5, 0.6) is 0 Å². The summed E-state index contributed by atoms with van der Waals surface area (Å²) in [6.45, 7) is 8.54. The van der Waals surface area contributed by atoms with Gasteiger partial charge in [0.2, 0.25) is 5.91 Å². The van der Waals surface area contributed by atoms with Crippen LogP contribution in [-0.4, -0.2) is 35.7 Å². The number of nitrogens with zero attached hydrogens (tertiary/aromatic N) is 2. The molecule has 22 heavy (non-hydrogen) atoms. The van der Waals surface area contributed by atoms with Crippen molar-refractivity contribution in [2.45, 2.75) is 26.4 Å². The normalized spacial score (nSPS) is 17.1. The molecule has 0 aromatic heterocycles. The number of rotatable bonds is 6. The highest BCUT2D eigenvalue weighted by molar-refractivity contribution is 6.30. The van der Waals surface area contributed by atoms with Crippen LogP contribution in [0.25, 0.3) is 0 Å². The summed E-state index contributed by atoms with van der Waals surface area (Å²) in [4.78, 5) is 19.4. The number of carbonyl (C=O) groups excluding carboxylic acids is 1. The van der Waals surface area contributed by atoms with E-state index in [1.165, 1.54) is 0 Å². The van der Waals surface area contributed by atoms with E-state index in [2.05, 4.69) is 11.7 Å². The number of hydrogen-bond acceptors (Lipinski definition) is 3. The smallest absolute Gasteiger partial charge is 0.225 e. The molecular formula is C17H21ClN2O2. The first kappa shape index (κ1) is 16.6. The summed E-state index contributed by atoms with van der Waals surface area (Å²) in [5.41, 5.74) is 1.88. The Kier molecular flexibility index (Phi) is 5.61. The molecular weight excluding hydrogens is 300 g/mol. The lowest BCUT2D eigenvalue weighted by molar-refractivity contribution is -0.135. The van der Waals surface area contributed by atoms with Crippen molar-refractivity contribution in [1.29, 1.82) is 0 Å². The highest BCUT2D eigenvalue weighted by atomic mass is 35.5. The van der Waals surface area contributed by atoms with Gasteiger partial charge in [-0.25, -0.2) is 0 Å². The average Bonchev–Trinajstić information content (AvgIpc) is 2.95. The average molecular weight is 321 g/mol. The lowest BCUT2D eigenvalue weighted by Crippen LogP contribution is -2.40. The van der Waals surface area contributed by atoms with Gasteiger partial charge in [-0.3, -0.25) is 4.79 Å². The molecule has 1 aromatic rings. The van der Waals surface area contributed by atoms with Crippen LogP contribution >= 0.6 is 11.6 Å². The molecule has 0 radical (unpaired) electrons. The molecule has 118 valence electrons. The van der Waals surface area contributed by atoms with Gasteiger partial charge < -0.3 is 9.74 Å². The molecule has 1 aliphatic heterocycles. The Hall–Kier alpha value is -1.81. The highest BCUT2D eigenvalue weighted by Crippen LogP contribution is 2.20. The lowest BCUT2D eigenvalue weighted by Gasteiger charge is -2.25. The predicted octanol–water partition coefficient (Wildman–Crippen LogP) is 3.50. The molecule has 5 heteroatoms. The number of amides is 1. The molecule has 1 atom stereocenters. The van der Waals surface area contributed by atoms with Crippen LogP contribution in [0.15, 0.2) is 42.1 Å². The molecule has 1 amide bonds. The van der Waals surface area contributed by atoms with E-state index in [4.69, 9.17) is 16.4 Å². The Morgan fingerprint density at radius 2 is 2.18 bits per heavy atom. The van der Waals surface area contributed by atoms with E-state index in [0.717, 1.165) is 11.3 Å². The van der Waals surface area contributed by atoms with Crippen LogP contribution in [0, 0.1) is 5.92 Å². The summed E-state index contributed by atoms with van der Waals surface area (Å²) in [6.07, 6.45) is 2.30. The summed E-state index contributed by atoms with van der Waals surface area (Å²) in [5, 5.41) is 4.84. The molecule has 1 aromatic carbocycles. The largest absolute Gasteiger partial charge is 0.390 e. The van der Waals surface area contributed by atoms with Crippen molar-refractivity contribution < 1.29 is 9.63 Å². The van der Waals surface area contributed by atoms with Crippen LogP contribution in [0.1, 0.15) is 25.8 Å². The van der Waals surface area contributed by atoms with Crippen molar-refractivity contribution in [2.24, 2.45) is 11.1 Å². The van der Waals surface area contributed by atoms with Crippen LogP contribution in [-0.2, 0) is 9.63 Å². The quantitative estimate of drug-likeness (QED) is 0.753. The summed E-state index contributed by atoms with van der Waals surface area (Å²) in [5.74, 6) is 0.0569. The third-order valence-corrected chi connectivity index (χ3v) is 3.74. The molecule has 1 unspecified atom stereocenters. The van der Waals surface area contributed by atoms with Crippen LogP contribution in [0.2, 0.25) is 5.02 Å². The van der Waals surface area contributed by atoms with Gasteiger partial charge in [-0.05, 0) is 17.7 Å². The molecule has 0 N–H and O–H groups in total. The fourth-order valence-electron chi connectivity index (χ4n) is 2.36. The van der Waals surface area contributed by atoms with E-state index in [1.807, 2.05) is 38.1 Å². The van der Waals surface area contributed by atoms with Gasteiger partial charge in [0, 0.05) is 23.9 Å². The van der Waals surface area contributed by atoms with Gasteiger partial charge >= 0.3 is 0 Å². The second-order valence-corrected chi connectivity index (χ2v) is 6.10. The molecule has 2 rings (SSSR count). The van der Waals surface area contributed by atoms with Gasteiger partial charge in [0.05, 0.1) is 12.3 Å². The van der Waals surface area contributed by atoms with Crippen molar-refractivity contribution >= 4 is 23.2 Å². The first-order valence-electron chi connectivity index (χ1n) is 7.39. The topological polar surface area (TPSA) is 41.9 Å². The zero-order valence-corrected chi connectivity index (χ0v) is 13.7. The number of hydrogen-bond donors (Lipinski definition) is 0. The van der Waals surface area contributed by atoms with Gasteiger partial charge in [-0.1, -0.05) is 48.8 Å². The highest BCUT2D eigenvalue weighted by Gasteiger charge is 2.27. The predicted molar refractivity (Wildman–Crippen MR) is 89.1 cm³/mol. The van der Waals surface area contributed by atoms with E-state index in [0.29, 0.717) is 24.5 Å². The van der Waals surface area contributed by atoms with Crippen LogP contribution in [0.3, 0.4) is 0 Å². The molecule has 0 spiro atoms. The number of benzene rings is 1. The van der Waals surface area contributed by atoms with Crippen LogP contribution < -0.4 is 0 Å². The van der Waals surface area contributed by atoms with Gasteiger partial charge in [-0.15, -0.1) is 6.58 Å². The minimum atomic E-state index is -0.117. The van der Waals surface area contributed by atoms with Crippen molar-refractivity contribution in [3.05, 3.63) is 47.5 Å². The van der Waals surface area contributed by atoms with Crippen molar-refractivity contribution in [3.63, 3.8) is 0 Å². The third-order valence-electron chi connectivity index (χ3n) is 3.49. The Morgan fingerprint density at radius 3 is 2.77 bits per heavy atom. The Balaban J connectivity index is 1.97. The zero-order chi connectivity index (χ0) is 16.1. The van der Waals surface area contributed by atoms with Crippen molar-refractivity contribution in [2.75, 3.05) is 13.1 Å². The lowest BCUT2D eigenvalue weighted by atomic mass is 10.0. The second-order valence-electron chi connectivity index (χ2n) is 5.66. The molecule has 0 aliphatic carbocycles. The Morgan fingerprint density at radius 1 is 1.50 bits per heavy atom. The molecule has 4 nitrogen and oxygen atoms in total. The summed E-state index contributed by atoms with van der Waals surface area (Å²) in [6, 6.07) is 7.51. The van der Waals surface area contributed by atoms with E-state index in [9.17, 15) is 4.79 Å². The second kappa shape index (κ2) is 7.45. The summed E-state index contributed by atoms with van der Waals surface area (Å²) in [7, 11) is 0. The number of oxime groups is 1. The fourth-order valence-corrected chi connectivity index (χ4v) is 2.49. The summed E-state index contributed by atoms with van der Waals surface area (Å²) < 4.78 is 0. The number of carbonyl (C=O) groups is 1. The Labute approximate surface area is 136 Å². The SMILES string of the molecule is C=CCN(CC1CC(c2ccc(Cl)cc2)=NO1)C(=O)C(C)C. The fraction of sp³-hybridized carbons (Fsp3) is 0.412. The molecule has 0 saturated carbocycles. The molecule has 0 fully saturated rings. The Bertz CT molecular complexity index is 567. The van der Waals surface area contributed by atoms with Gasteiger partial charge in [0.1, 0.15) is 0 Å². The van der Waals surface area contributed by atoms with E-state index in [-0.39, 0.29) is 17.9 Å². The molecule has 0 saturated heterocycles.